The zero-order valence-electron chi connectivity index (χ0n) is 15.3. The van der Waals surface area contributed by atoms with Crippen molar-refractivity contribution in [3.05, 3.63) is 84.4 Å². The topological polar surface area (TPSA) is 34.1 Å². The Bertz CT molecular complexity index is 921. The third kappa shape index (κ3) is 3.80. The molecule has 0 N–H and O–H groups in total. The van der Waals surface area contributed by atoms with Crippen LogP contribution in [-0.4, -0.2) is 19.2 Å². The van der Waals surface area contributed by atoms with Crippen molar-refractivity contribution in [2.75, 3.05) is 18.3 Å². The molecule has 4 rings (SSSR count). The maximum absolute atomic E-state index is 5.91. The summed E-state index contributed by atoms with van der Waals surface area (Å²) in [5, 5.41) is 6.56. The van der Waals surface area contributed by atoms with E-state index in [-0.39, 0.29) is 0 Å². The molecule has 0 atom stereocenters. The Morgan fingerprint density at radius 3 is 2.33 bits per heavy atom. The molecule has 0 spiro atoms. The van der Waals surface area contributed by atoms with Crippen LogP contribution < -0.4 is 9.75 Å². The summed E-state index contributed by atoms with van der Waals surface area (Å²) in [7, 11) is 0. The van der Waals surface area contributed by atoms with Crippen LogP contribution in [0.5, 0.6) is 5.75 Å². The van der Waals surface area contributed by atoms with E-state index in [1.165, 1.54) is 0 Å². The van der Waals surface area contributed by atoms with Gasteiger partial charge in [0.15, 0.2) is 6.73 Å². The van der Waals surface area contributed by atoms with Crippen LogP contribution in [0.3, 0.4) is 0 Å². The highest BCUT2D eigenvalue weighted by Crippen LogP contribution is 2.28. The molecule has 4 nitrogen and oxygen atoms in total. The van der Waals surface area contributed by atoms with Gasteiger partial charge in [0.1, 0.15) is 5.75 Å². The van der Waals surface area contributed by atoms with Crippen molar-refractivity contribution in [1.82, 2.24) is 0 Å². The number of benzene rings is 3. The number of ether oxygens (including phenoxy) is 2. The second-order valence-corrected chi connectivity index (χ2v) is 6.33. The molecule has 0 saturated heterocycles. The highest BCUT2D eigenvalue weighted by atomic mass is 16.5. The van der Waals surface area contributed by atoms with Crippen LogP contribution in [0.15, 0.2) is 84.0 Å². The van der Waals surface area contributed by atoms with Crippen molar-refractivity contribution in [2.24, 2.45) is 5.10 Å². The summed E-state index contributed by atoms with van der Waals surface area (Å²) in [5.74, 6) is 1.51. The first kappa shape index (κ1) is 17.2. The van der Waals surface area contributed by atoms with E-state index < -0.39 is 0 Å². The van der Waals surface area contributed by atoms with E-state index in [2.05, 4.69) is 25.1 Å². The van der Waals surface area contributed by atoms with Crippen LogP contribution >= 0.6 is 0 Å². The number of nitrogens with zero attached hydrogens (tertiary/aromatic N) is 2. The van der Waals surface area contributed by atoms with Gasteiger partial charge in [-0.2, -0.15) is 0 Å². The van der Waals surface area contributed by atoms with Gasteiger partial charge in [-0.05, 0) is 47.9 Å². The minimum atomic E-state index is 0.396. The molecule has 1 aliphatic rings. The summed E-state index contributed by atoms with van der Waals surface area (Å²) in [6.45, 7) is 3.22. The molecule has 3 aromatic rings. The molecule has 1 heterocycles. The molecule has 0 amide bonds. The standard InChI is InChI=1S/C23H22N2O2/c1-2-16-26-20-14-12-19(13-15-20)25-17-27-23(24-25)22-11-7-6-10-21(22)18-8-4-3-5-9-18/h3-15H,2,16-17H2,1H3. The van der Waals surface area contributed by atoms with Crippen LogP contribution in [0.25, 0.3) is 11.1 Å². The maximum Gasteiger partial charge on any atom is 0.241 e. The van der Waals surface area contributed by atoms with Crippen molar-refractivity contribution in [3.63, 3.8) is 0 Å². The van der Waals surface area contributed by atoms with Crippen LogP contribution in [-0.2, 0) is 4.74 Å². The molecular formula is C23H22N2O2. The second kappa shape index (κ2) is 7.96. The van der Waals surface area contributed by atoms with Gasteiger partial charge in [0, 0.05) is 5.56 Å². The summed E-state index contributed by atoms with van der Waals surface area (Å²) in [6.07, 6.45) is 0.996. The lowest BCUT2D eigenvalue weighted by Crippen LogP contribution is -2.12. The first-order chi connectivity index (χ1) is 13.3. The van der Waals surface area contributed by atoms with Gasteiger partial charge in [0.25, 0.3) is 0 Å². The van der Waals surface area contributed by atoms with Gasteiger partial charge in [-0.15, -0.1) is 5.10 Å². The van der Waals surface area contributed by atoms with Crippen LogP contribution in [0.2, 0.25) is 0 Å². The van der Waals surface area contributed by atoms with Crippen LogP contribution in [0, 0.1) is 0 Å². The summed E-state index contributed by atoms with van der Waals surface area (Å²) in [4.78, 5) is 0. The van der Waals surface area contributed by atoms with Gasteiger partial charge in [0.2, 0.25) is 5.90 Å². The summed E-state index contributed by atoms with van der Waals surface area (Å²) in [6, 6.07) is 26.4. The lowest BCUT2D eigenvalue weighted by Gasteiger charge is -2.12. The summed E-state index contributed by atoms with van der Waals surface area (Å²) >= 11 is 0. The molecule has 0 unspecified atom stereocenters. The monoisotopic (exact) mass is 358 g/mol. The third-order valence-corrected chi connectivity index (χ3v) is 4.38. The number of hydrogen-bond acceptors (Lipinski definition) is 4. The van der Waals surface area contributed by atoms with Crippen LogP contribution in [0.1, 0.15) is 18.9 Å². The predicted octanol–water partition coefficient (Wildman–Crippen LogP) is 5.30. The number of hydrazone groups is 1. The number of rotatable bonds is 6. The average molecular weight is 358 g/mol. The zero-order valence-corrected chi connectivity index (χ0v) is 15.3. The summed E-state index contributed by atoms with van der Waals surface area (Å²) in [5.41, 5.74) is 4.23. The fourth-order valence-corrected chi connectivity index (χ4v) is 3.03. The SMILES string of the molecule is CCCOc1ccc(N2COC(c3ccccc3-c3ccccc3)=N2)cc1. The fraction of sp³-hybridized carbons (Fsp3) is 0.174. The number of hydrogen-bond donors (Lipinski definition) is 0. The van der Waals surface area contributed by atoms with E-state index in [0.29, 0.717) is 12.6 Å². The zero-order chi connectivity index (χ0) is 18.5. The number of anilines is 1. The Morgan fingerprint density at radius 1 is 0.889 bits per heavy atom. The Hall–Kier alpha value is -3.27. The second-order valence-electron chi connectivity index (χ2n) is 6.33. The Kier molecular flexibility index (Phi) is 5.06. The van der Waals surface area contributed by atoms with Crippen molar-refractivity contribution in [1.29, 1.82) is 0 Å². The summed E-state index contributed by atoms with van der Waals surface area (Å²) < 4.78 is 11.6. The Labute approximate surface area is 159 Å². The van der Waals surface area contributed by atoms with Crippen molar-refractivity contribution >= 4 is 11.6 Å². The molecule has 3 aromatic carbocycles. The molecule has 0 fully saturated rings. The molecule has 1 aliphatic heterocycles. The maximum atomic E-state index is 5.91. The van der Waals surface area contributed by atoms with Gasteiger partial charge < -0.3 is 9.47 Å². The Balaban J connectivity index is 1.58. The van der Waals surface area contributed by atoms with E-state index in [9.17, 15) is 0 Å². The normalized spacial score (nSPS) is 13.2. The van der Waals surface area contributed by atoms with E-state index in [4.69, 9.17) is 14.6 Å². The molecule has 0 bridgehead atoms. The van der Waals surface area contributed by atoms with Gasteiger partial charge >= 0.3 is 0 Å². The quantitative estimate of drug-likeness (QED) is 0.600. The first-order valence-electron chi connectivity index (χ1n) is 9.22. The molecule has 27 heavy (non-hydrogen) atoms. The van der Waals surface area contributed by atoms with Gasteiger partial charge in [0.05, 0.1) is 12.3 Å². The van der Waals surface area contributed by atoms with Crippen LogP contribution in [0.4, 0.5) is 5.69 Å². The highest BCUT2D eigenvalue weighted by Gasteiger charge is 2.21. The van der Waals surface area contributed by atoms with E-state index >= 15 is 0 Å². The minimum Gasteiger partial charge on any atom is -0.494 e. The van der Waals surface area contributed by atoms with Crippen molar-refractivity contribution < 1.29 is 9.47 Å². The molecule has 4 heteroatoms. The molecule has 0 aliphatic carbocycles. The first-order valence-corrected chi connectivity index (χ1v) is 9.22. The van der Waals surface area contributed by atoms with E-state index in [1.807, 2.05) is 65.7 Å². The lowest BCUT2D eigenvalue weighted by atomic mass is 10.00. The minimum absolute atomic E-state index is 0.396. The smallest absolute Gasteiger partial charge is 0.241 e. The van der Waals surface area contributed by atoms with Crippen molar-refractivity contribution in [2.45, 2.75) is 13.3 Å². The lowest BCUT2D eigenvalue weighted by molar-refractivity contribution is 0.317. The van der Waals surface area contributed by atoms with Crippen molar-refractivity contribution in [3.8, 4) is 16.9 Å². The molecule has 0 saturated carbocycles. The highest BCUT2D eigenvalue weighted by molar-refractivity contribution is 6.02. The largest absolute Gasteiger partial charge is 0.494 e. The van der Waals surface area contributed by atoms with Gasteiger partial charge in [-0.1, -0.05) is 55.5 Å². The average Bonchev–Trinajstić information content (AvgIpc) is 3.23. The Morgan fingerprint density at radius 2 is 1.59 bits per heavy atom. The molecule has 0 radical (unpaired) electrons. The fourth-order valence-electron chi connectivity index (χ4n) is 3.03. The van der Waals surface area contributed by atoms with Gasteiger partial charge in [-0.3, -0.25) is 0 Å². The molecule has 0 aromatic heterocycles. The van der Waals surface area contributed by atoms with Gasteiger partial charge in [-0.25, -0.2) is 5.01 Å². The van der Waals surface area contributed by atoms with E-state index in [1.54, 1.807) is 0 Å². The predicted molar refractivity (Wildman–Crippen MR) is 109 cm³/mol. The molecular weight excluding hydrogens is 336 g/mol. The van der Waals surface area contributed by atoms with E-state index in [0.717, 1.165) is 41.2 Å². The third-order valence-electron chi connectivity index (χ3n) is 4.38. The molecule has 136 valence electrons.